The predicted octanol–water partition coefficient (Wildman–Crippen LogP) is 2.83. The summed E-state index contributed by atoms with van der Waals surface area (Å²) >= 11 is 5.74. The first-order chi connectivity index (χ1) is 8.48. The number of hydrogen-bond donors (Lipinski definition) is 1. The van der Waals surface area contributed by atoms with Gasteiger partial charge in [0, 0.05) is 6.54 Å². The van der Waals surface area contributed by atoms with Gasteiger partial charge >= 0.3 is 6.18 Å². The number of benzene rings is 1. The van der Waals surface area contributed by atoms with Gasteiger partial charge in [-0.05, 0) is 11.6 Å². The zero-order valence-electron chi connectivity index (χ0n) is 9.22. The van der Waals surface area contributed by atoms with Crippen molar-refractivity contribution in [1.29, 1.82) is 0 Å². The standard InChI is InChI=1S/C11H10ClF3N2O/c12-9-7(6-17-10-16-4-5-18-10)2-1-3-8(9)11(13,14)15/h1-3H,4-6H2,(H,16,17). The minimum Gasteiger partial charge on any atom is -0.463 e. The summed E-state index contributed by atoms with van der Waals surface area (Å²) in [5, 5.41) is 2.50. The maximum atomic E-state index is 12.6. The second-order valence-corrected chi connectivity index (χ2v) is 4.04. The van der Waals surface area contributed by atoms with Crippen molar-refractivity contribution in [1.82, 2.24) is 5.32 Å². The molecule has 0 aliphatic carbocycles. The quantitative estimate of drug-likeness (QED) is 0.902. The van der Waals surface area contributed by atoms with E-state index in [1.54, 1.807) is 0 Å². The van der Waals surface area contributed by atoms with Gasteiger partial charge in [-0.25, -0.2) is 4.99 Å². The summed E-state index contributed by atoms with van der Waals surface area (Å²) in [6.45, 7) is 1.18. The molecule has 98 valence electrons. The summed E-state index contributed by atoms with van der Waals surface area (Å²) in [7, 11) is 0. The monoisotopic (exact) mass is 278 g/mol. The van der Waals surface area contributed by atoms with Gasteiger partial charge < -0.3 is 10.1 Å². The van der Waals surface area contributed by atoms with E-state index >= 15 is 0 Å². The molecule has 1 aromatic carbocycles. The van der Waals surface area contributed by atoms with Crippen molar-refractivity contribution in [3.8, 4) is 0 Å². The largest absolute Gasteiger partial charge is 0.463 e. The Morgan fingerprint density at radius 2 is 2.17 bits per heavy atom. The number of nitrogens with zero attached hydrogens (tertiary/aromatic N) is 1. The molecule has 0 unspecified atom stereocenters. The predicted molar refractivity (Wildman–Crippen MR) is 61.5 cm³/mol. The highest BCUT2D eigenvalue weighted by Crippen LogP contribution is 2.36. The molecule has 0 saturated carbocycles. The Morgan fingerprint density at radius 3 is 2.78 bits per heavy atom. The van der Waals surface area contributed by atoms with Gasteiger partial charge in [0.1, 0.15) is 6.61 Å². The Bertz CT molecular complexity index is 474. The number of amidine groups is 1. The summed E-state index contributed by atoms with van der Waals surface area (Å²) in [5.41, 5.74) is -0.484. The van der Waals surface area contributed by atoms with Crippen molar-refractivity contribution in [2.45, 2.75) is 12.7 Å². The number of aliphatic imine (C=N–C) groups is 1. The molecule has 0 radical (unpaired) electrons. The molecule has 1 aliphatic rings. The average Bonchev–Trinajstić information content (AvgIpc) is 2.79. The van der Waals surface area contributed by atoms with E-state index in [0.29, 0.717) is 24.7 Å². The summed E-state index contributed by atoms with van der Waals surface area (Å²) in [6.07, 6.45) is -4.45. The first kappa shape index (κ1) is 13.0. The third kappa shape index (κ3) is 2.87. The van der Waals surface area contributed by atoms with E-state index in [2.05, 4.69) is 10.3 Å². The Labute approximate surface area is 107 Å². The van der Waals surface area contributed by atoms with Gasteiger partial charge in [0.05, 0.1) is 17.1 Å². The molecule has 0 spiro atoms. The number of alkyl halides is 3. The number of ether oxygens (including phenoxy) is 1. The molecule has 0 bridgehead atoms. The van der Waals surface area contributed by atoms with Crippen molar-refractivity contribution in [3.05, 3.63) is 34.3 Å². The molecule has 0 atom stereocenters. The third-order valence-corrected chi connectivity index (χ3v) is 2.85. The van der Waals surface area contributed by atoms with E-state index < -0.39 is 11.7 Å². The van der Waals surface area contributed by atoms with Crippen LogP contribution in [-0.2, 0) is 17.5 Å². The fraction of sp³-hybridized carbons (Fsp3) is 0.364. The molecule has 1 aliphatic heterocycles. The van der Waals surface area contributed by atoms with Crippen LogP contribution in [-0.4, -0.2) is 19.2 Å². The molecule has 0 amide bonds. The fourth-order valence-electron chi connectivity index (χ4n) is 1.55. The van der Waals surface area contributed by atoms with E-state index in [1.807, 2.05) is 0 Å². The van der Waals surface area contributed by atoms with Gasteiger partial charge in [-0.2, -0.15) is 13.2 Å². The summed E-state index contributed by atoms with van der Waals surface area (Å²) in [5.74, 6) is 0. The molecule has 0 aromatic heterocycles. The lowest BCUT2D eigenvalue weighted by atomic mass is 10.1. The lowest BCUT2D eigenvalue weighted by Crippen LogP contribution is -2.23. The third-order valence-electron chi connectivity index (χ3n) is 2.40. The summed E-state index contributed by atoms with van der Waals surface area (Å²) in [4.78, 5) is 3.97. The van der Waals surface area contributed by atoms with Gasteiger partial charge in [-0.1, -0.05) is 23.7 Å². The zero-order valence-corrected chi connectivity index (χ0v) is 9.98. The van der Waals surface area contributed by atoms with Crippen LogP contribution in [0, 0.1) is 0 Å². The maximum absolute atomic E-state index is 12.6. The smallest absolute Gasteiger partial charge is 0.417 e. The summed E-state index contributed by atoms with van der Waals surface area (Å²) in [6, 6.07) is 4.14. The minimum atomic E-state index is -4.45. The lowest BCUT2D eigenvalue weighted by molar-refractivity contribution is -0.137. The second kappa shape index (κ2) is 5.06. The minimum absolute atomic E-state index is 0.140. The molecule has 1 N–H and O–H groups in total. The van der Waals surface area contributed by atoms with Crippen LogP contribution < -0.4 is 5.32 Å². The van der Waals surface area contributed by atoms with Crippen LogP contribution in [0.2, 0.25) is 5.02 Å². The molecule has 2 rings (SSSR count). The first-order valence-corrected chi connectivity index (χ1v) is 5.62. The van der Waals surface area contributed by atoms with E-state index in [9.17, 15) is 13.2 Å². The Hall–Kier alpha value is -1.43. The van der Waals surface area contributed by atoms with Crippen LogP contribution in [0.1, 0.15) is 11.1 Å². The van der Waals surface area contributed by atoms with E-state index in [0.717, 1.165) is 6.07 Å². The van der Waals surface area contributed by atoms with Crippen LogP contribution in [0.15, 0.2) is 23.2 Å². The van der Waals surface area contributed by atoms with Gasteiger partial charge in [-0.3, -0.25) is 0 Å². The van der Waals surface area contributed by atoms with E-state index in [4.69, 9.17) is 16.3 Å². The number of nitrogens with one attached hydrogen (secondary N) is 1. The van der Waals surface area contributed by atoms with E-state index in [-0.39, 0.29) is 11.6 Å². The Balaban J connectivity index is 2.13. The van der Waals surface area contributed by atoms with Crippen LogP contribution >= 0.6 is 11.6 Å². The zero-order chi connectivity index (χ0) is 13.2. The molecule has 3 nitrogen and oxygen atoms in total. The first-order valence-electron chi connectivity index (χ1n) is 5.24. The van der Waals surface area contributed by atoms with Crippen LogP contribution in [0.5, 0.6) is 0 Å². The number of rotatable bonds is 2. The molecular weight excluding hydrogens is 269 g/mol. The average molecular weight is 279 g/mol. The van der Waals surface area contributed by atoms with Crippen LogP contribution in [0.4, 0.5) is 13.2 Å². The van der Waals surface area contributed by atoms with Crippen molar-refractivity contribution in [2.24, 2.45) is 4.99 Å². The highest BCUT2D eigenvalue weighted by Gasteiger charge is 2.33. The van der Waals surface area contributed by atoms with Gasteiger partial charge in [0.15, 0.2) is 0 Å². The normalized spacial score (nSPS) is 15.2. The second-order valence-electron chi connectivity index (χ2n) is 3.67. The lowest BCUT2D eigenvalue weighted by Gasteiger charge is -2.13. The molecule has 1 aromatic rings. The molecule has 0 saturated heterocycles. The SMILES string of the molecule is FC(F)(F)c1cccc(CNC2=NCCO2)c1Cl. The number of halogens is 4. The maximum Gasteiger partial charge on any atom is 0.417 e. The molecule has 1 heterocycles. The molecular formula is C11H10ClF3N2O. The van der Waals surface area contributed by atoms with Gasteiger partial charge in [0.25, 0.3) is 6.02 Å². The number of hydrogen-bond acceptors (Lipinski definition) is 3. The fourth-order valence-corrected chi connectivity index (χ4v) is 1.85. The van der Waals surface area contributed by atoms with Crippen LogP contribution in [0.3, 0.4) is 0 Å². The molecule has 18 heavy (non-hydrogen) atoms. The highest BCUT2D eigenvalue weighted by atomic mass is 35.5. The highest BCUT2D eigenvalue weighted by molar-refractivity contribution is 6.32. The summed E-state index contributed by atoms with van der Waals surface area (Å²) < 4.78 is 42.9. The van der Waals surface area contributed by atoms with Crippen molar-refractivity contribution >= 4 is 17.6 Å². The molecule has 0 fully saturated rings. The van der Waals surface area contributed by atoms with Crippen molar-refractivity contribution in [3.63, 3.8) is 0 Å². The van der Waals surface area contributed by atoms with Crippen molar-refractivity contribution < 1.29 is 17.9 Å². The van der Waals surface area contributed by atoms with Gasteiger partial charge in [-0.15, -0.1) is 0 Å². The van der Waals surface area contributed by atoms with Gasteiger partial charge in [0.2, 0.25) is 0 Å². The van der Waals surface area contributed by atoms with Crippen LogP contribution in [0.25, 0.3) is 0 Å². The molecule has 7 heteroatoms. The van der Waals surface area contributed by atoms with E-state index in [1.165, 1.54) is 12.1 Å². The van der Waals surface area contributed by atoms with Crippen molar-refractivity contribution in [2.75, 3.05) is 13.2 Å². The Morgan fingerprint density at radius 1 is 1.39 bits per heavy atom. The Kier molecular flexibility index (Phi) is 3.65. The topological polar surface area (TPSA) is 33.6 Å².